The van der Waals surface area contributed by atoms with E-state index >= 15 is 0 Å². The van der Waals surface area contributed by atoms with Crippen molar-refractivity contribution < 1.29 is 72.4 Å². The van der Waals surface area contributed by atoms with E-state index in [1.807, 2.05) is 4.98 Å². The van der Waals surface area contributed by atoms with E-state index in [1.54, 1.807) is 0 Å². The molecule has 11 atom stereocenters. The number of hydrogen-bond acceptors (Lipinski definition) is 15. The summed E-state index contributed by atoms with van der Waals surface area (Å²) in [6, 6.07) is 0.928. The van der Waals surface area contributed by atoms with E-state index in [0.717, 1.165) is 16.8 Å². The molecule has 36 heavy (non-hydrogen) atoms. The van der Waals surface area contributed by atoms with Crippen molar-refractivity contribution in [2.75, 3.05) is 13.2 Å². The Morgan fingerprint density at radius 2 is 1.56 bits per heavy atom. The van der Waals surface area contributed by atoms with Crippen LogP contribution in [-0.4, -0.2) is 112 Å². The number of rotatable bonds is 9. The highest BCUT2D eigenvalue weighted by atomic mass is 31.3. The summed E-state index contributed by atoms with van der Waals surface area (Å²) >= 11 is 0. The lowest BCUT2D eigenvalue weighted by molar-refractivity contribution is -0.280. The zero-order valence-electron chi connectivity index (χ0n) is 17.9. The third-order valence-electron chi connectivity index (χ3n) is 5.16. The Bertz CT molecular complexity index is 1120. The van der Waals surface area contributed by atoms with Crippen LogP contribution in [0.2, 0.25) is 0 Å². The number of nitrogens with one attached hydrogen (secondary N) is 1. The summed E-state index contributed by atoms with van der Waals surface area (Å²) in [5.41, 5.74) is -1.75. The maximum Gasteiger partial charge on any atom is 0.483 e. The Morgan fingerprint density at radius 3 is 2.17 bits per heavy atom. The van der Waals surface area contributed by atoms with Gasteiger partial charge in [-0.1, -0.05) is 0 Å². The summed E-state index contributed by atoms with van der Waals surface area (Å²) in [6.07, 6.45) is -15.4. The van der Waals surface area contributed by atoms with E-state index in [-0.39, 0.29) is 0 Å². The van der Waals surface area contributed by atoms with Gasteiger partial charge >= 0.3 is 21.3 Å². The zero-order valence-corrected chi connectivity index (χ0v) is 19.6. The van der Waals surface area contributed by atoms with Gasteiger partial charge in [0.1, 0.15) is 42.7 Å². The molecule has 2 aliphatic rings. The summed E-state index contributed by atoms with van der Waals surface area (Å²) in [5.74, 6) is 0. The predicted octanol–water partition coefficient (Wildman–Crippen LogP) is -4.79. The smallest absolute Gasteiger partial charge is 0.394 e. The maximum absolute atomic E-state index is 12.2. The average Bonchev–Trinajstić information content (AvgIpc) is 3.06. The average molecular weight is 566 g/mol. The molecule has 1 aromatic heterocycles. The number of phosphoric acid groups is 2. The molecule has 2 fully saturated rings. The number of H-pyrrole nitrogens is 1. The number of phosphoric ester groups is 2. The van der Waals surface area contributed by atoms with Crippen molar-refractivity contribution in [1.82, 2.24) is 9.55 Å². The number of aliphatic hydroxyl groups is 6. The molecule has 1 aromatic rings. The summed E-state index contributed by atoms with van der Waals surface area (Å²) in [7, 11) is -11.1. The molecule has 2 saturated heterocycles. The lowest BCUT2D eigenvalue weighted by Gasteiger charge is -2.39. The third kappa shape index (κ3) is 6.54. The number of nitrogens with zero attached hydrogens (tertiary/aromatic N) is 1. The van der Waals surface area contributed by atoms with Gasteiger partial charge in [-0.05, 0) is 0 Å². The van der Waals surface area contributed by atoms with E-state index < -0.39 is 95.4 Å². The Kier molecular flexibility index (Phi) is 9.05. The van der Waals surface area contributed by atoms with Crippen molar-refractivity contribution in [2.45, 2.75) is 55.2 Å². The first-order valence-corrected chi connectivity index (χ1v) is 13.0. The van der Waals surface area contributed by atoms with Crippen LogP contribution in [0.25, 0.3) is 0 Å². The van der Waals surface area contributed by atoms with Crippen LogP contribution in [0.15, 0.2) is 21.9 Å². The summed E-state index contributed by atoms with van der Waals surface area (Å²) in [4.78, 5) is 44.5. The minimum absolute atomic E-state index is 0.723. The molecule has 0 aliphatic carbocycles. The van der Waals surface area contributed by atoms with Gasteiger partial charge in [-0.2, -0.15) is 4.31 Å². The molecular formula is C15H24N2O17P2. The molecule has 9 N–H and O–H groups in total. The molecule has 21 heteroatoms. The molecule has 0 saturated carbocycles. The Balaban J connectivity index is 1.61. The first kappa shape index (κ1) is 29.2. The van der Waals surface area contributed by atoms with Crippen LogP contribution in [0.4, 0.5) is 0 Å². The number of aliphatic hydroxyl groups excluding tert-OH is 6. The topological polar surface area (TPSA) is 297 Å². The third-order valence-corrected chi connectivity index (χ3v) is 7.76. The Labute approximate surface area is 199 Å². The summed E-state index contributed by atoms with van der Waals surface area (Å²) < 4.78 is 48.1. The van der Waals surface area contributed by atoms with Crippen LogP contribution < -0.4 is 11.2 Å². The molecule has 0 aromatic carbocycles. The SMILES string of the molecule is O=c1ccn([C@@H]2O[C@@H](COP(=O)(O)OP(=O)(O)O[C@@H]3O[C@H](CO)[C@H](O)[C@H](O)[C@H]3O)[C@H](O)[C@H]2O)c(=O)[nH]1. The number of aromatic amines is 1. The summed E-state index contributed by atoms with van der Waals surface area (Å²) in [6.45, 7) is -1.93. The highest BCUT2D eigenvalue weighted by molar-refractivity contribution is 7.61. The molecule has 206 valence electrons. The molecule has 0 bridgehead atoms. The normalized spacial score (nSPS) is 38.4. The fourth-order valence-electron chi connectivity index (χ4n) is 3.35. The monoisotopic (exact) mass is 566 g/mol. The van der Waals surface area contributed by atoms with Gasteiger partial charge in [0.05, 0.1) is 13.2 Å². The molecule has 2 aliphatic heterocycles. The molecule has 19 nitrogen and oxygen atoms in total. The second-order valence-corrected chi connectivity index (χ2v) is 10.7. The van der Waals surface area contributed by atoms with Crippen LogP contribution >= 0.6 is 15.6 Å². The zero-order chi connectivity index (χ0) is 27.0. The fraction of sp³-hybridized carbons (Fsp3) is 0.733. The standard InChI is InChI=1S/C15H24N2O17P2/c18-3-5-8(20)10(22)12(24)14(32-5)33-36(28,29)34-35(26,27)30-4-6-9(21)11(23)13(31-6)17-2-1-7(19)16-15(17)25/h1-2,5-6,8-14,18,20-24H,3-4H2,(H,26,27)(H,28,29)(H,16,19,25)/t5-,6+,8+,9+,10+,11-,12-,13-,14+/m1/s1. The van der Waals surface area contributed by atoms with Gasteiger partial charge in [0.2, 0.25) is 0 Å². The number of hydrogen-bond donors (Lipinski definition) is 9. The van der Waals surface area contributed by atoms with Crippen molar-refractivity contribution in [1.29, 1.82) is 0 Å². The molecule has 2 unspecified atom stereocenters. The molecule has 3 heterocycles. The summed E-state index contributed by atoms with van der Waals surface area (Å²) in [5, 5.41) is 58.6. The highest BCUT2D eigenvalue weighted by Crippen LogP contribution is 2.61. The van der Waals surface area contributed by atoms with Crippen LogP contribution in [0.5, 0.6) is 0 Å². The quantitative estimate of drug-likeness (QED) is 0.127. The van der Waals surface area contributed by atoms with Gasteiger partial charge in [0.15, 0.2) is 12.5 Å². The van der Waals surface area contributed by atoms with Crippen LogP contribution in [0, 0.1) is 0 Å². The van der Waals surface area contributed by atoms with Crippen LogP contribution in [0.3, 0.4) is 0 Å². The van der Waals surface area contributed by atoms with Crippen molar-refractivity contribution in [3.05, 3.63) is 33.1 Å². The second-order valence-electron chi connectivity index (χ2n) is 7.68. The molecule has 0 spiro atoms. The van der Waals surface area contributed by atoms with Crippen molar-refractivity contribution in [2.24, 2.45) is 0 Å². The van der Waals surface area contributed by atoms with Gasteiger partial charge in [-0.15, -0.1) is 0 Å². The van der Waals surface area contributed by atoms with E-state index in [1.165, 1.54) is 0 Å². The first-order valence-electron chi connectivity index (χ1n) is 9.99. The van der Waals surface area contributed by atoms with E-state index in [0.29, 0.717) is 0 Å². The Morgan fingerprint density at radius 1 is 0.917 bits per heavy atom. The lowest BCUT2D eigenvalue weighted by atomic mass is 10.00. The van der Waals surface area contributed by atoms with E-state index in [9.17, 15) is 54.0 Å². The van der Waals surface area contributed by atoms with Crippen LogP contribution in [0.1, 0.15) is 6.23 Å². The number of aromatic nitrogens is 2. The molecular weight excluding hydrogens is 542 g/mol. The van der Waals surface area contributed by atoms with Crippen molar-refractivity contribution in [3.8, 4) is 0 Å². The van der Waals surface area contributed by atoms with Gasteiger partial charge in [-0.3, -0.25) is 23.4 Å². The maximum atomic E-state index is 12.2. The van der Waals surface area contributed by atoms with Crippen molar-refractivity contribution >= 4 is 15.6 Å². The second kappa shape index (κ2) is 11.2. The van der Waals surface area contributed by atoms with Crippen molar-refractivity contribution in [3.63, 3.8) is 0 Å². The Hall–Kier alpha value is -1.38. The van der Waals surface area contributed by atoms with E-state index in [2.05, 4.69) is 13.4 Å². The molecule has 3 rings (SSSR count). The fourth-order valence-corrected chi connectivity index (χ4v) is 5.51. The number of ether oxygens (including phenoxy) is 2. The largest absolute Gasteiger partial charge is 0.483 e. The van der Waals surface area contributed by atoms with Gasteiger partial charge < -0.3 is 49.9 Å². The van der Waals surface area contributed by atoms with Gasteiger partial charge in [0, 0.05) is 12.3 Å². The highest BCUT2D eigenvalue weighted by Gasteiger charge is 2.49. The van der Waals surface area contributed by atoms with Gasteiger partial charge in [-0.25, -0.2) is 13.9 Å². The first-order chi connectivity index (χ1) is 16.7. The minimum atomic E-state index is -5.59. The van der Waals surface area contributed by atoms with E-state index in [4.69, 9.17) is 14.6 Å². The predicted molar refractivity (Wildman–Crippen MR) is 109 cm³/mol. The lowest BCUT2D eigenvalue weighted by Crippen LogP contribution is -2.58. The molecule has 0 amide bonds. The molecule has 0 radical (unpaired) electrons. The van der Waals surface area contributed by atoms with Crippen LogP contribution in [-0.2, 0) is 32.0 Å². The van der Waals surface area contributed by atoms with Gasteiger partial charge in [0.25, 0.3) is 5.56 Å². The minimum Gasteiger partial charge on any atom is -0.394 e.